The highest BCUT2D eigenvalue weighted by atomic mass is 127. The number of halogens is 1. The number of carbonyl (C=O) groups excluding carboxylic acids is 1. The third kappa shape index (κ3) is 3.71. The van der Waals surface area contributed by atoms with E-state index in [-0.39, 0.29) is 12.5 Å². The van der Waals surface area contributed by atoms with Crippen LogP contribution in [0.25, 0.3) is 0 Å². The average molecular weight is 378 g/mol. The molecule has 2 aromatic carbocycles. The van der Waals surface area contributed by atoms with Crippen molar-refractivity contribution in [3.63, 3.8) is 0 Å². The maximum Gasteiger partial charge on any atom is 0.255 e. The highest BCUT2D eigenvalue weighted by molar-refractivity contribution is 14.1. The van der Waals surface area contributed by atoms with Crippen LogP contribution in [0.4, 0.5) is 5.69 Å². The lowest BCUT2D eigenvalue weighted by atomic mass is 10.2. The van der Waals surface area contributed by atoms with E-state index in [1.165, 1.54) is 0 Å². The SMILES string of the molecule is N#CCOc1ccccc1NC(=O)c1ccc(I)cc1. The Bertz CT molecular complexity index is 648. The molecule has 0 unspecified atom stereocenters. The molecule has 4 nitrogen and oxygen atoms in total. The predicted octanol–water partition coefficient (Wildman–Crippen LogP) is 3.45. The second-order valence-electron chi connectivity index (χ2n) is 3.90. The van der Waals surface area contributed by atoms with E-state index in [2.05, 4.69) is 27.9 Å². The normalized spacial score (nSPS) is 9.60. The Hall–Kier alpha value is -2.07. The molecule has 0 aromatic heterocycles. The van der Waals surface area contributed by atoms with Crippen molar-refractivity contribution >= 4 is 34.2 Å². The summed E-state index contributed by atoms with van der Waals surface area (Å²) in [6, 6.07) is 16.2. The summed E-state index contributed by atoms with van der Waals surface area (Å²) in [5, 5.41) is 11.3. The van der Waals surface area contributed by atoms with Gasteiger partial charge in [0.2, 0.25) is 0 Å². The lowest BCUT2D eigenvalue weighted by Gasteiger charge is -2.10. The third-order valence-corrected chi connectivity index (χ3v) is 3.25. The zero-order valence-electron chi connectivity index (χ0n) is 10.5. The smallest absolute Gasteiger partial charge is 0.255 e. The number of hydrogen-bond donors (Lipinski definition) is 1. The topological polar surface area (TPSA) is 62.1 Å². The van der Waals surface area contributed by atoms with E-state index in [1.54, 1.807) is 36.4 Å². The number of nitrogens with one attached hydrogen (secondary N) is 1. The summed E-state index contributed by atoms with van der Waals surface area (Å²) >= 11 is 2.18. The van der Waals surface area contributed by atoms with E-state index in [9.17, 15) is 4.79 Å². The predicted molar refractivity (Wildman–Crippen MR) is 84.7 cm³/mol. The first-order valence-corrected chi connectivity index (χ1v) is 6.94. The summed E-state index contributed by atoms with van der Waals surface area (Å²) in [6.07, 6.45) is 0. The summed E-state index contributed by atoms with van der Waals surface area (Å²) in [5.41, 5.74) is 1.12. The van der Waals surface area contributed by atoms with Crippen molar-refractivity contribution in [2.45, 2.75) is 0 Å². The van der Waals surface area contributed by atoms with Gasteiger partial charge in [0.25, 0.3) is 5.91 Å². The number of nitrogens with zero attached hydrogens (tertiary/aromatic N) is 1. The van der Waals surface area contributed by atoms with Gasteiger partial charge in [-0.25, -0.2) is 0 Å². The molecule has 0 bridgehead atoms. The Morgan fingerprint density at radius 1 is 1.20 bits per heavy atom. The van der Waals surface area contributed by atoms with Gasteiger partial charge in [-0.1, -0.05) is 12.1 Å². The molecule has 0 heterocycles. The molecule has 0 saturated heterocycles. The van der Waals surface area contributed by atoms with E-state index in [1.807, 2.05) is 18.2 Å². The van der Waals surface area contributed by atoms with Gasteiger partial charge in [-0.15, -0.1) is 0 Å². The van der Waals surface area contributed by atoms with Crippen molar-refractivity contribution in [2.75, 3.05) is 11.9 Å². The molecule has 0 atom stereocenters. The van der Waals surface area contributed by atoms with Gasteiger partial charge in [0.05, 0.1) is 5.69 Å². The van der Waals surface area contributed by atoms with Gasteiger partial charge in [0, 0.05) is 9.13 Å². The molecule has 0 fully saturated rings. The minimum Gasteiger partial charge on any atom is -0.477 e. The highest BCUT2D eigenvalue weighted by Gasteiger charge is 2.09. The molecule has 0 aliphatic rings. The second-order valence-corrected chi connectivity index (χ2v) is 5.15. The van der Waals surface area contributed by atoms with Gasteiger partial charge < -0.3 is 10.1 Å². The van der Waals surface area contributed by atoms with Crippen molar-refractivity contribution in [2.24, 2.45) is 0 Å². The zero-order valence-corrected chi connectivity index (χ0v) is 12.6. The summed E-state index contributed by atoms with van der Waals surface area (Å²) in [5.74, 6) is 0.266. The summed E-state index contributed by atoms with van der Waals surface area (Å²) in [7, 11) is 0. The van der Waals surface area contributed by atoms with Crippen LogP contribution in [0.3, 0.4) is 0 Å². The van der Waals surface area contributed by atoms with Gasteiger partial charge in [-0.2, -0.15) is 5.26 Å². The first kappa shape index (κ1) is 14.3. The molecular weight excluding hydrogens is 367 g/mol. The van der Waals surface area contributed by atoms with Crippen molar-refractivity contribution < 1.29 is 9.53 Å². The van der Waals surface area contributed by atoms with Crippen LogP contribution >= 0.6 is 22.6 Å². The van der Waals surface area contributed by atoms with Gasteiger partial charge in [-0.3, -0.25) is 4.79 Å². The Morgan fingerprint density at radius 2 is 1.90 bits per heavy atom. The van der Waals surface area contributed by atoms with Gasteiger partial charge in [-0.05, 0) is 59.0 Å². The van der Waals surface area contributed by atoms with Crippen molar-refractivity contribution in [3.05, 3.63) is 57.7 Å². The maximum atomic E-state index is 12.1. The number of anilines is 1. The van der Waals surface area contributed by atoms with E-state index in [4.69, 9.17) is 10.00 Å². The number of carbonyl (C=O) groups is 1. The zero-order chi connectivity index (χ0) is 14.4. The molecule has 0 aliphatic heterocycles. The second kappa shape index (κ2) is 6.91. The quantitative estimate of drug-likeness (QED) is 0.830. The van der Waals surface area contributed by atoms with Crippen LogP contribution in [0, 0.1) is 14.9 Å². The molecule has 0 saturated carbocycles. The Labute approximate surface area is 130 Å². The molecule has 1 N–H and O–H groups in total. The fourth-order valence-electron chi connectivity index (χ4n) is 1.60. The van der Waals surface area contributed by atoms with Crippen molar-refractivity contribution in [1.29, 1.82) is 5.26 Å². The first-order chi connectivity index (χ1) is 9.70. The molecule has 20 heavy (non-hydrogen) atoms. The van der Waals surface area contributed by atoms with Crippen LogP contribution in [-0.4, -0.2) is 12.5 Å². The Kier molecular flexibility index (Phi) is 4.96. The molecule has 2 aromatic rings. The molecular formula is C15H11IN2O2. The molecule has 0 aliphatic carbocycles. The van der Waals surface area contributed by atoms with E-state index >= 15 is 0 Å². The Morgan fingerprint density at radius 3 is 2.60 bits per heavy atom. The number of hydrogen-bond acceptors (Lipinski definition) is 3. The summed E-state index contributed by atoms with van der Waals surface area (Å²) in [4.78, 5) is 12.1. The molecule has 1 amide bonds. The lowest BCUT2D eigenvalue weighted by molar-refractivity contribution is 0.102. The van der Waals surface area contributed by atoms with Crippen LogP contribution in [0.2, 0.25) is 0 Å². The highest BCUT2D eigenvalue weighted by Crippen LogP contribution is 2.24. The fourth-order valence-corrected chi connectivity index (χ4v) is 1.96. The van der Waals surface area contributed by atoms with Crippen LogP contribution < -0.4 is 10.1 Å². The van der Waals surface area contributed by atoms with Crippen LogP contribution in [0.15, 0.2) is 48.5 Å². The van der Waals surface area contributed by atoms with E-state index in [0.29, 0.717) is 17.0 Å². The molecule has 0 radical (unpaired) electrons. The number of rotatable bonds is 4. The average Bonchev–Trinajstić information content (AvgIpc) is 2.47. The number of nitriles is 1. The number of ether oxygens (including phenoxy) is 1. The van der Waals surface area contributed by atoms with Crippen LogP contribution in [0.5, 0.6) is 5.75 Å². The van der Waals surface area contributed by atoms with Gasteiger partial charge in [0.1, 0.15) is 11.8 Å². The summed E-state index contributed by atoms with van der Waals surface area (Å²) < 4.78 is 6.33. The van der Waals surface area contributed by atoms with E-state index in [0.717, 1.165) is 3.57 Å². The molecule has 2 rings (SSSR count). The number of benzene rings is 2. The lowest BCUT2D eigenvalue weighted by Crippen LogP contribution is -2.12. The van der Waals surface area contributed by atoms with Gasteiger partial charge >= 0.3 is 0 Å². The minimum atomic E-state index is -0.214. The largest absolute Gasteiger partial charge is 0.477 e. The standard InChI is InChI=1S/C15H11IN2O2/c16-12-7-5-11(6-8-12)15(19)18-13-3-1-2-4-14(13)20-10-9-17/h1-8H,10H2,(H,18,19). The third-order valence-electron chi connectivity index (χ3n) is 2.53. The van der Waals surface area contributed by atoms with Gasteiger partial charge in [0.15, 0.2) is 6.61 Å². The molecule has 5 heteroatoms. The van der Waals surface area contributed by atoms with Crippen LogP contribution in [0.1, 0.15) is 10.4 Å². The van der Waals surface area contributed by atoms with Crippen molar-refractivity contribution in [1.82, 2.24) is 0 Å². The summed E-state index contributed by atoms with van der Waals surface area (Å²) in [6.45, 7) is -0.0591. The van der Waals surface area contributed by atoms with Crippen LogP contribution in [-0.2, 0) is 0 Å². The fraction of sp³-hybridized carbons (Fsp3) is 0.0667. The molecule has 100 valence electrons. The monoisotopic (exact) mass is 378 g/mol. The molecule has 0 spiro atoms. The first-order valence-electron chi connectivity index (χ1n) is 5.86. The minimum absolute atomic E-state index is 0.0591. The Balaban J connectivity index is 2.15. The number of para-hydroxylation sites is 2. The van der Waals surface area contributed by atoms with Crippen molar-refractivity contribution in [3.8, 4) is 11.8 Å². The number of amides is 1. The van der Waals surface area contributed by atoms with E-state index < -0.39 is 0 Å². The maximum absolute atomic E-state index is 12.1.